The van der Waals surface area contributed by atoms with Crippen molar-refractivity contribution in [1.29, 1.82) is 0 Å². The van der Waals surface area contributed by atoms with Crippen LogP contribution in [-0.4, -0.2) is 17.0 Å². The van der Waals surface area contributed by atoms with Gasteiger partial charge in [0.1, 0.15) is 0 Å². The molecule has 0 aromatic heterocycles. The largest absolute Gasteiger partial charge is 0.325 e. The lowest BCUT2D eigenvalue weighted by Crippen LogP contribution is -2.17. The van der Waals surface area contributed by atoms with Crippen LogP contribution < -0.4 is 5.32 Å². The minimum absolute atomic E-state index is 0.121. The van der Waals surface area contributed by atoms with Crippen molar-refractivity contribution in [2.45, 2.75) is 6.42 Å². The molecule has 86 valence electrons. The fourth-order valence-electron chi connectivity index (χ4n) is 1.01. The normalized spacial score (nSPS) is 9.94. The van der Waals surface area contributed by atoms with Gasteiger partial charge in [0.05, 0.1) is 17.4 Å². The molecule has 0 aliphatic heterocycles. The van der Waals surface area contributed by atoms with E-state index in [-0.39, 0.29) is 23.4 Å². The molecule has 0 bridgehead atoms. The molecule has 0 saturated carbocycles. The molecule has 1 amide bonds. The third-order valence-corrected chi connectivity index (χ3v) is 3.52. The zero-order valence-electron chi connectivity index (χ0n) is 8.10. The van der Waals surface area contributed by atoms with Crippen LogP contribution in [0.5, 0.6) is 0 Å². The number of alkyl halides is 1. The predicted molar refractivity (Wildman–Crippen MR) is 73.9 cm³/mol. The topological polar surface area (TPSA) is 46.2 Å². The summed E-state index contributed by atoms with van der Waals surface area (Å²) in [6, 6.07) is 5.43. The van der Waals surface area contributed by atoms with Gasteiger partial charge >= 0.3 is 0 Å². The first kappa shape index (κ1) is 13.9. The molecule has 6 heteroatoms. The van der Waals surface area contributed by atoms with Crippen LogP contribution in [0.4, 0.5) is 5.69 Å². The van der Waals surface area contributed by atoms with Crippen LogP contribution in [0.15, 0.2) is 27.1 Å². The van der Waals surface area contributed by atoms with Gasteiger partial charge in [-0.05, 0) is 34.1 Å². The van der Waals surface area contributed by atoms with E-state index in [0.29, 0.717) is 5.69 Å². The lowest BCUT2D eigenvalue weighted by molar-refractivity contribution is -0.123. The van der Waals surface area contributed by atoms with E-state index in [1.54, 1.807) is 6.07 Å². The average Bonchev–Trinajstić information content (AvgIpc) is 2.23. The number of carbonyl (C=O) groups is 2. The van der Waals surface area contributed by atoms with E-state index < -0.39 is 0 Å². The minimum atomic E-state index is -0.316. The molecular weight excluding hydrogens is 406 g/mol. The van der Waals surface area contributed by atoms with Crippen molar-refractivity contribution in [3.05, 3.63) is 27.1 Å². The van der Waals surface area contributed by atoms with Gasteiger partial charge in [0.15, 0.2) is 5.78 Å². The lowest BCUT2D eigenvalue weighted by Gasteiger charge is -2.06. The molecule has 0 fully saturated rings. The molecule has 0 heterocycles. The number of hydrogen-bond acceptors (Lipinski definition) is 2. The number of benzene rings is 1. The van der Waals surface area contributed by atoms with Crippen molar-refractivity contribution in [2.24, 2.45) is 0 Å². The maximum atomic E-state index is 11.5. The number of halogens is 3. The lowest BCUT2D eigenvalue weighted by atomic mass is 10.2. The number of hydrogen-bond donors (Lipinski definition) is 1. The molecule has 0 aliphatic carbocycles. The van der Waals surface area contributed by atoms with Crippen LogP contribution in [-0.2, 0) is 9.59 Å². The SMILES string of the molecule is O=C(CBr)CC(=O)Nc1cc(Br)ccc1Br. The highest BCUT2D eigenvalue weighted by molar-refractivity contribution is 9.11. The Hall–Kier alpha value is -0.200. The maximum absolute atomic E-state index is 11.5. The number of anilines is 1. The number of carbonyl (C=O) groups excluding carboxylic acids is 2. The second-order valence-corrected chi connectivity index (χ2v) is 5.35. The number of Topliss-reactive ketones (excluding diaryl/α,β-unsaturated/α-hetero) is 1. The van der Waals surface area contributed by atoms with Crippen molar-refractivity contribution >= 4 is 65.2 Å². The van der Waals surface area contributed by atoms with Gasteiger partial charge in [-0.15, -0.1) is 0 Å². The average molecular weight is 414 g/mol. The van der Waals surface area contributed by atoms with E-state index in [0.717, 1.165) is 8.95 Å². The van der Waals surface area contributed by atoms with Crippen LogP contribution in [0.3, 0.4) is 0 Å². The Kier molecular flexibility index (Phi) is 5.64. The van der Waals surface area contributed by atoms with Gasteiger partial charge in [0, 0.05) is 8.95 Å². The van der Waals surface area contributed by atoms with E-state index in [1.165, 1.54) is 0 Å². The fourth-order valence-corrected chi connectivity index (χ4v) is 1.92. The third-order valence-electron chi connectivity index (χ3n) is 1.71. The molecule has 1 rings (SSSR count). The molecule has 1 N–H and O–H groups in total. The Morgan fingerprint density at radius 2 is 1.94 bits per heavy atom. The van der Waals surface area contributed by atoms with E-state index in [4.69, 9.17) is 0 Å². The van der Waals surface area contributed by atoms with Crippen molar-refractivity contribution in [3.63, 3.8) is 0 Å². The molecule has 0 atom stereocenters. The van der Waals surface area contributed by atoms with Gasteiger partial charge in [-0.3, -0.25) is 9.59 Å². The Labute approximate surface area is 118 Å². The Morgan fingerprint density at radius 1 is 1.25 bits per heavy atom. The zero-order chi connectivity index (χ0) is 12.1. The van der Waals surface area contributed by atoms with Gasteiger partial charge in [-0.25, -0.2) is 0 Å². The van der Waals surface area contributed by atoms with E-state index in [2.05, 4.69) is 53.1 Å². The second-order valence-electron chi connectivity index (χ2n) is 3.02. The van der Waals surface area contributed by atoms with Gasteiger partial charge in [-0.2, -0.15) is 0 Å². The first-order valence-electron chi connectivity index (χ1n) is 4.35. The standard InChI is InChI=1S/C10H8Br3NO2/c11-5-7(15)4-10(16)14-9-3-6(12)1-2-8(9)13/h1-3H,4-5H2,(H,14,16). The fraction of sp³-hybridized carbons (Fsp3) is 0.200. The van der Waals surface area contributed by atoms with Gasteiger partial charge in [-0.1, -0.05) is 31.9 Å². The van der Waals surface area contributed by atoms with Crippen LogP contribution in [0.1, 0.15) is 6.42 Å². The summed E-state index contributed by atoms with van der Waals surface area (Å²) in [4.78, 5) is 22.5. The summed E-state index contributed by atoms with van der Waals surface area (Å²) < 4.78 is 1.63. The van der Waals surface area contributed by atoms with Gasteiger partial charge in [0.25, 0.3) is 0 Å². The third kappa shape index (κ3) is 4.35. The van der Waals surface area contributed by atoms with Crippen molar-refractivity contribution < 1.29 is 9.59 Å². The second kappa shape index (κ2) is 6.51. The van der Waals surface area contributed by atoms with E-state index in [1.807, 2.05) is 12.1 Å². The molecule has 0 unspecified atom stereocenters. The minimum Gasteiger partial charge on any atom is -0.325 e. The number of ketones is 1. The summed E-state index contributed by atoms with van der Waals surface area (Å²) in [6.45, 7) is 0. The Bertz CT molecular complexity index is 421. The number of amides is 1. The monoisotopic (exact) mass is 411 g/mol. The highest BCUT2D eigenvalue weighted by Crippen LogP contribution is 2.26. The number of nitrogens with one attached hydrogen (secondary N) is 1. The van der Waals surface area contributed by atoms with Crippen LogP contribution in [0, 0.1) is 0 Å². The van der Waals surface area contributed by atoms with Crippen LogP contribution in [0.2, 0.25) is 0 Å². The van der Waals surface area contributed by atoms with Crippen molar-refractivity contribution in [3.8, 4) is 0 Å². The zero-order valence-corrected chi connectivity index (χ0v) is 12.9. The van der Waals surface area contributed by atoms with Crippen molar-refractivity contribution in [1.82, 2.24) is 0 Å². The van der Waals surface area contributed by atoms with Crippen LogP contribution in [0.25, 0.3) is 0 Å². The molecule has 3 nitrogen and oxygen atoms in total. The first-order chi connectivity index (χ1) is 7.52. The maximum Gasteiger partial charge on any atom is 0.231 e. The highest BCUT2D eigenvalue weighted by atomic mass is 79.9. The quantitative estimate of drug-likeness (QED) is 0.606. The van der Waals surface area contributed by atoms with Crippen molar-refractivity contribution in [2.75, 3.05) is 10.6 Å². The highest BCUT2D eigenvalue weighted by Gasteiger charge is 2.10. The predicted octanol–water partition coefficient (Wildman–Crippen LogP) is 3.50. The summed E-state index contributed by atoms with van der Waals surface area (Å²) in [6.07, 6.45) is -0.121. The molecule has 0 saturated heterocycles. The van der Waals surface area contributed by atoms with Gasteiger partial charge in [0.2, 0.25) is 5.91 Å². The van der Waals surface area contributed by atoms with E-state index >= 15 is 0 Å². The number of rotatable bonds is 4. The Morgan fingerprint density at radius 3 is 2.56 bits per heavy atom. The summed E-state index contributed by atoms with van der Waals surface area (Å²) >= 11 is 9.63. The van der Waals surface area contributed by atoms with Crippen LogP contribution >= 0.6 is 47.8 Å². The summed E-state index contributed by atoms with van der Waals surface area (Å²) in [5.41, 5.74) is 0.641. The molecule has 0 radical (unpaired) electrons. The molecular formula is C10H8Br3NO2. The molecule has 1 aromatic carbocycles. The smallest absolute Gasteiger partial charge is 0.231 e. The van der Waals surface area contributed by atoms with E-state index in [9.17, 15) is 9.59 Å². The molecule has 1 aromatic rings. The Balaban J connectivity index is 2.69. The molecule has 0 aliphatic rings. The molecule has 0 spiro atoms. The van der Waals surface area contributed by atoms with Gasteiger partial charge < -0.3 is 5.32 Å². The summed E-state index contributed by atoms with van der Waals surface area (Å²) in [5.74, 6) is -0.466. The summed E-state index contributed by atoms with van der Waals surface area (Å²) in [7, 11) is 0. The summed E-state index contributed by atoms with van der Waals surface area (Å²) in [5, 5.41) is 2.85. The first-order valence-corrected chi connectivity index (χ1v) is 7.06. The molecule has 16 heavy (non-hydrogen) atoms.